The van der Waals surface area contributed by atoms with Crippen molar-refractivity contribution in [3.8, 4) is 0 Å². The monoisotopic (exact) mass is 621 g/mol. The van der Waals surface area contributed by atoms with Crippen LogP contribution in [-0.4, -0.2) is 78.6 Å². The molecule has 0 rings (SSSR count). The minimum absolute atomic E-state index is 0.193. The van der Waals surface area contributed by atoms with E-state index in [9.17, 15) is 33.6 Å². The molecule has 0 saturated heterocycles. The number of amides is 1. The molecule has 3 unspecified atom stereocenters. The lowest BCUT2D eigenvalue weighted by Crippen LogP contribution is -2.55. The van der Waals surface area contributed by atoms with E-state index in [0.29, 0.717) is 12.8 Å². The van der Waals surface area contributed by atoms with Crippen molar-refractivity contribution in [3.05, 3.63) is 0 Å². The van der Waals surface area contributed by atoms with Gasteiger partial charge in [0.15, 0.2) is 24.4 Å². The fourth-order valence-electron chi connectivity index (χ4n) is 4.05. The van der Waals surface area contributed by atoms with Crippen molar-refractivity contribution in [1.29, 1.82) is 0 Å². The summed E-state index contributed by atoms with van der Waals surface area (Å²) in [4.78, 5) is 82.3. The summed E-state index contributed by atoms with van der Waals surface area (Å²) in [6.45, 7) is 4.52. The Morgan fingerprint density at radius 3 is 1.38 bits per heavy atom. The van der Waals surface area contributed by atoms with E-state index in [1.54, 1.807) is 0 Å². The summed E-state index contributed by atoms with van der Waals surface area (Å²) < 4.78 is 26.1. The lowest BCUT2D eigenvalue weighted by Gasteiger charge is -2.35. The molecule has 0 saturated carbocycles. The molecule has 0 fully saturated rings. The highest BCUT2D eigenvalue weighted by Crippen LogP contribution is 2.20. The average Bonchev–Trinajstić information content (AvgIpc) is 2.86. The maximum atomic E-state index is 12.5. The van der Waals surface area contributed by atoms with Crippen molar-refractivity contribution < 1.29 is 57.2 Å². The van der Waals surface area contributed by atoms with E-state index in [1.807, 2.05) is 0 Å². The van der Waals surface area contributed by atoms with Gasteiger partial charge in [-0.15, -0.1) is 0 Å². The van der Waals surface area contributed by atoms with Gasteiger partial charge in [-0.05, 0) is 24.4 Å². The van der Waals surface area contributed by atoms with Crippen LogP contribution in [0.2, 0.25) is 0 Å². The van der Waals surface area contributed by atoms with Crippen molar-refractivity contribution in [2.75, 3.05) is 13.2 Å². The van der Waals surface area contributed by atoms with Crippen molar-refractivity contribution in [1.82, 2.24) is 5.32 Å². The van der Waals surface area contributed by atoms with Gasteiger partial charge in [0.25, 0.3) is 0 Å². The predicted octanol–water partition coefficient (Wildman–Crippen LogP) is 3.06. The molecule has 0 aliphatic carbocycles. The molecule has 0 aliphatic rings. The number of hydrogen-bond donors (Lipinski definition) is 1. The van der Waals surface area contributed by atoms with Gasteiger partial charge in [-0.2, -0.15) is 0 Å². The molecule has 0 radical (unpaired) electrons. The fourth-order valence-corrected chi connectivity index (χ4v) is 4.19. The third-order valence-corrected chi connectivity index (χ3v) is 5.96. The van der Waals surface area contributed by atoms with Gasteiger partial charge < -0.3 is 29.0 Å². The van der Waals surface area contributed by atoms with Crippen molar-refractivity contribution >= 4 is 52.6 Å². The zero-order valence-corrected chi connectivity index (χ0v) is 25.8. The van der Waals surface area contributed by atoms with Gasteiger partial charge in [0.2, 0.25) is 11.1 Å². The number of halogens is 1. The van der Waals surface area contributed by atoms with Gasteiger partial charge in [-0.3, -0.25) is 33.6 Å². The van der Waals surface area contributed by atoms with Crippen LogP contribution >= 0.6 is 11.6 Å². The second kappa shape index (κ2) is 22.4. The van der Waals surface area contributed by atoms with Crippen molar-refractivity contribution in [2.24, 2.45) is 0 Å². The number of unbranched alkanes of at least 4 members (excludes halogenated alkanes) is 7. The molecule has 14 heteroatoms. The van der Waals surface area contributed by atoms with Gasteiger partial charge >= 0.3 is 29.8 Å². The zero-order chi connectivity index (χ0) is 32.1. The number of rotatable bonds is 22. The SMILES string of the molecule is CC(=O)OC[C@@H](OC(C)=O)C(OC(C)=O)C(OC(C)=O)C(CNC(=O)CCCCCCCCCCC(=O)Cl)OC(C)=O. The molecule has 0 heterocycles. The Morgan fingerprint density at radius 2 is 0.952 bits per heavy atom. The summed E-state index contributed by atoms with van der Waals surface area (Å²) in [5.41, 5.74) is 0. The Kier molecular flexibility index (Phi) is 20.7. The molecule has 42 heavy (non-hydrogen) atoms. The molecular weight excluding hydrogens is 578 g/mol. The van der Waals surface area contributed by atoms with Crippen LogP contribution in [0.25, 0.3) is 0 Å². The van der Waals surface area contributed by atoms with E-state index in [2.05, 4.69) is 5.32 Å². The zero-order valence-electron chi connectivity index (χ0n) is 25.1. The van der Waals surface area contributed by atoms with Crippen LogP contribution in [0.4, 0.5) is 0 Å². The summed E-state index contributed by atoms with van der Waals surface area (Å²) in [5, 5.41) is 2.32. The predicted molar refractivity (Wildman–Crippen MR) is 149 cm³/mol. The number of ether oxygens (including phenoxy) is 5. The van der Waals surface area contributed by atoms with Gasteiger partial charge in [-0.25, -0.2) is 0 Å². The van der Waals surface area contributed by atoms with Crippen LogP contribution in [0.5, 0.6) is 0 Å². The standard InChI is InChI=1S/C28H44ClNO12/c1-18(31)38-17-24(40-20(3)33)28(42-22(5)35)27(41-21(4)34)23(39-19(2)32)16-30-26(37)15-13-11-9-7-6-8-10-12-14-25(29)36/h23-24,27-28H,6-17H2,1-5H3,(H,30,37)/t23?,24-,27?,28?/m1/s1. The Morgan fingerprint density at radius 1 is 0.548 bits per heavy atom. The number of carbonyl (C=O) groups is 7. The smallest absolute Gasteiger partial charge is 0.303 e. The van der Waals surface area contributed by atoms with Crippen LogP contribution in [-0.2, 0) is 57.2 Å². The summed E-state index contributed by atoms with van der Waals surface area (Å²) in [5.74, 6) is -4.37. The first kappa shape index (κ1) is 38.8. The molecule has 4 atom stereocenters. The highest BCUT2D eigenvalue weighted by atomic mass is 35.5. The lowest BCUT2D eigenvalue weighted by atomic mass is 10.0. The fraction of sp³-hybridized carbons (Fsp3) is 0.750. The van der Waals surface area contributed by atoms with Crippen LogP contribution in [0, 0.1) is 0 Å². The average molecular weight is 622 g/mol. The second-order valence-electron chi connectivity index (χ2n) is 9.73. The normalized spacial score (nSPS) is 13.5. The first-order chi connectivity index (χ1) is 19.7. The molecule has 0 aliphatic heterocycles. The van der Waals surface area contributed by atoms with Crippen molar-refractivity contribution in [2.45, 2.75) is 123 Å². The van der Waals surface area contributed by atoms with Gasteiger partial charge in [-0.1, -0.05) is 38.5 Å². The summed E-state index contributed by atoms with van der Waals surface area (Å²) in [7, 11) is 0. The maximum absolute atomic E-state index is 12.5. The van der Waals surface area contributed by atoms with Crippen LogP contribution in [0.3, 0.4) is 0 Å². The second-order valence-corrected chi connectivity index (χ2v) is 10.2. The van der Waals surface area contributed by atoms with Crippen LogP contribution in [0.1, 0.15) is 98.8 Å². The summed E-state index contributed by atoms with van der Waals surface area (Å²) >= 11 is 5.32. The van der Waals surface area contributed by atoms with Crippen molar-refractivity contribution in [3.63, 3.8) is 0 Å². The molecular formula is C28H44ClNO12. The van der Waals surface area contributed by atoms with Gasteiger partial charge in [0.05, 0.1) is 6.54 Å². The molecule has 0 aromatic heterocycles. The summed E-state index contributed by atoms with van der Waals surface area (Å²) in [6, 6.07) is 0. The Bertz CT molecular complexity index is 909. The number of nitrogens with one attached hydrogen (secondary N) is 1. The molecule has 0 aromatic rings. The third kappa shape index (κ3) is 20.6. The maximum Gasteiger partial charge on any atom is 0.303 e. The van der Waals surface area contributed by atoms with E-state index < -0.39 is 60.9 Å². The molecule has 1 amide bonds. The third-order valence-electron chi connectivity index (χ3n) is 5.77. The largest absolute Gasteiger partial charge is 0.462 e. The first-order valence-corrected chi connectivity index (χ1v) is 14.4. The number of hydrogen-bond acceptors (Lipinski definition) is 12. The number of carbonyl (C=O) groups excluding carboxylic acids is 7. The molecule has 240 valence electrons. The Hall–Kier alpha value is -3.22. The molecule has 0 spiro atoms. The van der Waals surface area contributed by atoms with E-state index in [-0.39, 0.29) is 24.1 Å². The highest BCUT2D eigenvalue weighted by Gasteiger charge is 2.44. The van der Waals surface area contributed by atoms with E-state index in [0.717, 1.165) is 79.6 Å². The van der Waals surface area contributed by atoms with Crippen LogP contribution in [0.15, 0.2) is 0 Å². The minimum atomic E-state index is -1.56. The lowest BCUT2D eigenvalue weighted by molar-refractivity contribution is -0.202. The quantitative estimate of drug-likeness (QED) is 0.0809. The highest BCUT2D eigenvalue weighted by molar-refractivity contribution is 6.63. The van der Waals surface area contributed by atoms with E-state index >= 15 is 0 Å². The van der Waals surface area contributed by atoms with Crippen LogP contribution < -0.4 is 5.32 Å². The Labute approximate surface area is 251 Å². The molecule has 1 N–H and O–H groups in total. The minimum Gasteiger partial charge on any atom is -0.462 e. The van der Waals surface area contributed by atoms with E-state index in [1.165, 1.54) is 0 Å². The summed E-state index contributed by atoms with van der Waals surface area (Å²) in [6.07, 6.45) is 1.84. The van der Waals surface area contributed by atoms with Gasteiger partial charge in [0.1, 0.15) is 6.61 Å². The molecule has 0 bridgehead atoms. The Balaban J connectivity index is 5.34. The van der Waals surface area contributed by atoms with E-state index in [4.69, 9.17) is 35.3 Å². The molecule has 13 nitrogen and oxygen atoms in total. The van der Waals surface area contributed by atoms with Gasteiger partial charge in [0, 0.05) is 47.5 Å². The topological polar surface area (TPSA) is 178 Å². The number of esters is 5. The first-order valence-electron chi connectivity index (χ1n) is 14.0. The molecule has 0 aromatic carbocycles.